The number of halogens is 1. The third-order valence-corrected chi connectivity index (χ3v) is 2.99. The summed E-state index contributed by atoms with van der Waals surface area (Å²) < 4.78 is 5.25. The topological polar surface area (TPSA) is 21.3 Å². The van der Waals surface area contributed by atoms with E-state index in [4.69, 9.17) is 4.74 Å². The van der Waals surface area contributed by atoms with Crippen LogP contribution < -0.4 is 10.1 Å². The van der Waals surface area contributed by atoms with Gasteiger partial charge in [-0.2, -0.15) is 0 Å². The van der Waals surface area contributed by atoms with E-state index in [1.54, 1.807) is 7.11 Å². The third kappa shape index (κ3) is 2.44. The van der Waals surface area contributed by atoms with Crippen molar-refractivity contribution < 1.29 is 4.74 Å². The number of rotatable bonds is 2. The zero-order valence-electron chi connectivity index (χ0n) is 9.25. The molecule has 1 atom stereocenters. The minimum absolute atomic E-state index is 0. The average molecular weight is 228 g/mol. The van der Waals surface area contributed by atoms with Gasteiger partial charge in [0, 0.05) is 13.1 Å². The Bertz CT molecular complexity index is 327. The van der Waals surface area contributed by atoms with Crippen LogP contribution in [0, 0.1) is 0 Å². The normalized spacial score (nSPS) is 18.9. The molecule has 3 heteroatoms. The van der Waals surface area contributed by atoms with Crippen LogP contribution >= 0.6 is 12.4 Å². The first-order chi connectivity index (χ1) is 6.85. The first-order valence-corrected chi connectivity index (χ1v) is 5.22. The molecule has 1 unspecified atom stereocenters. The van der Waals surface area contributed by atoms with E-state index in [2.05, 4.69) is 24.4 Å². The van der Waals surface area contributed by atoms with Crippen LogP contribution in [0.1, 0.15) is 30.4 Å². The molecule has 0 spiro atoms. The molecule has 0 bridgehead atoms. The molecular formula is C12H18ClNO. The van der Waals surface area contributed by atoms with Crippen molar-refractivity contribution >= 4 is 12.4 Å². The molecule has 1 N–H and O–H groups in total. The summed E-state index contributed by atoms with van der Waals surface area (Å²) in [7, 11) is 1.73. The SMILES string of the molecule is CCC1CNCc2ccc(OC)cc21.Cl. The number of hydrogen-bond acceptors (Lipinski definition) is 2. The van der Waals surface area contributed by atoms with E-state index in [9.17, 15) is 0 Å². The van der Waals surface area contributed by atoms with Gasteiger partial charge in [-0.05, 0) is 35.6 Å². The molecule has 1 aromatic rings. The average Bonchev–Trinajstić information content (AvgIpc) is 2.27. The fourth-order valence-corrected chi connectivity index (χ4v) is 2.10. The van der Waals surface area contributed by atoms with E-state index < -0.39 is 0 Å². The lowest BCUT2D eigenvalue weighted by atomic mass is 9.89. The maximum absolute atomic E-state index is 5.25. The van der Waals surface area contributed by atoms with Crippen LogP contribution in [0.4, 0.5) is 0 Å². The number of nitrogens with one attached hydrogen (secondary N) is 1. The molecule has 2 nitrogen and oxygen atoms in total. The van der Waals surface area contributed by atoms with Gasteiger partial charge >= 0.3 is 0 Å². The van der Waals surface area contributed by atoms with Gasteiger partial charge in [-0.3, -0.25) is 0 Å². The van der Waals surface area contributed by atoms with Crippen molar-refractivity contribution in [1.29, 1.82) is 0 Å². The van der Waals surface area contributed by atoms with Gasteiger partial charge in [-0.15, -0.1) is 12.4 Å². The molecule has 0 aliphatic carbocycles. The molecule has 1 aliphatic rings. The number of fused-ring (bicyclic) bond motifs is 1. The molecule has 0 amide bonds. The molecule has 0 aromatic heterocycles. The zero-order chi connectivity index (χ0) is 9.97. The van der Waals surface area contributed by atoms with Gasteiger partial charge in [-0.1, -0.05) is 13.0 Å². The fourth-order valence-electron chi connectivity index (χ4n) is 2.10. The Morgan fingerprint density at radius 2 is 2.27 bits per heavy atom. The Hall–Kier alpha value is -0.730. The Morgan fingerprint density at radius 3 is 2.93 bits per heavy atom. The second-order valence-corrected chi connectivity index (χ2v) is 3.80. The highest BCUT2D eigenvalue weighted by Crippen LogP contribution is 2.29. The van der Waals surface area contributed by atoms with Crippen molar-refractivity contribution in [2.45, 2.75) is 25.8 Å². The summed E-state index contributed by atoms with van der Waals surface area (Å²) in [4.78, 5) is 0. The Labute approximate surface area is 97.4 Å². The third-order valence-electron chi connectivity index (χ3n) is 2.99. The molecule has 1 aromatic carbocycles. The first-order valence-electron chi connectivity index (χ1n) is 5.22. The smallest absolute Gasteiger partial charge is 0.119 e. The quantitative estimate of drug-likeness (QED) is 0.839. The zero-order valence-corrected chi connectivity index (χ0v) is 10.1. The maximum atomic E-state index is 5.25. The Balaban J connectivity index is 0.00000112. The summed E-state index contributed by atoms with van der Waals surface area (Å²) >= 11 is 0. The van der Waals surface area contributed by atoms with Crippen molar-refractivity contribution in [2.75, 3.05) is 13.7 Å². The van der Waals surface area contributed by atoms with E-state index in [-0.39, 0.29) is 12.4 Å². The number of hydrogen-bond donors (Lipinski definition) is 1. The number of ether oxygens (including phenoxy) is 1. The highest BCUT2D eigenvalue weighted by molar-refractivity contribution is 5.85. The van der Waals surface area contributed by atoms with Gasteiger partial charge in [0.05, 0.1) is 7.11 Å². The molecule has 0 fully saturated rings. The molecule has 2 rings (SSSR count). The highest BCUT2D eigenvalue weighted by atomic mass is 35.5. The van der Waals surface area contributed by atoms with Gasteiger partial charge in [0.25, 0.3) is 0 Å². The van der Waals surface area contributed by atoms with E-state index in [1.165, 1.54) is 17.5 Å². The van der Waals surface area contributed by atoms with Crippen LogP contribution in [-0.2, 0) is 6.54 Å². The molecule has 0 radical (unpaired) electrons. The van der Waals surface area contributed by atoms with E-state index in [1.807, 2.05) is 6.07 Å². The minimum Gasteiger partial charge on any atom is -0.497 e. The van der Waals surface area contributed by atoms with Crippen molar-refractivity contribution in [3.05, 3.63) is 29.3 Å². The van der Waals surface area contributed by atoms with Gasteiger partial charge in [0.2, 0.25) is 0 Å². The summed E-state index contributed by atoms with van der Waals surface area (Å²) in [5.41, 5.74) is 2.88. The van der Waals surface area contributed by atoms with Gasteiger partial charge < -0.3 is 10.1 Å². The van der Waals surface area contributed by atoms with Gasteiger partial charge in [-0.25, -0.2) is 0 Å². The summed E-state index contributed by atoms with van der Waals surface area (Å²) in [6, 6.07) is 6.39. The van der Waals surface area contributed by atoms with Crippen LogP contribution in [0.15, 0.2) is 18.2 Å². The van der Waals surface area contributed by atoms with Crippen molar-refractivity contribution in [1.82, 2.24) is 5.32 Å². The highest BCUT2D eigenvalue weighted by Gasteiger charge is 2.18. The predicted molar refractivity (Wildman–Crippen MR) is 65.0 cm³/mol. The van der Waals surface area contributed by atoms with Crippen molar-refractivity contribution in [2.24, 2.45) is 0 Å². The summed E-state index contributed by atoms with van der Waals surface area (Å²) in [6.07, 6.45) is 1.19. The summed E-state index contributed by atoms with van der Waals surface area (Å²) in [5.74, 6) is 1.62. The maximum Gasteiger partial charge on any atom is 0.119 e. The molecule has 1 heterocycles. The van der Waals surface area contributed by atoms with Crippen LogP contribution in [0.2, 0.25) is 0 Å². The van der Waals surface area contributed by atoms with Crippen LogP contribution in [0.5, 0.6) is 5.75 Å². The monoisotopic (exact) mass is 227 g/mol. The second kappa shape index (κ2) is 5.38. The summed E-state index contributed by atoms with van der Waals surface area (Å²) in [5, 5.41) is 3.44. The van der Waals surface area contributed by atoms with Crippen molar-refractivity contribution in [3.63, 3.8) is 0 Å². The number of methoxy groups -OCH3 is 1. The molecular weight excluding hydrogens is 210 g/mol. The van der Waals surface area contributed by atoms with E-state index in [0.717, 1.165) is 18.8 Å². The first kappa shape index (κ1) is 12.3. The largest absolute Gasteiger partial charge is 0.497 e. The van der Waals surface area contributed by atoms with Crippen LogP contribution in [0.3, 0.4) is 0 Å². The van der Waals surface area contributed by atoms with Crippen LogP contribution in [0.25, 0.3) is 0 Å². The van der Waals surface area contributed by atoms with E-state index in [0.29, 0.717) is 5.92 Å². The molecule has 15 heavy (non-hydrogen) atoms. The predicted octanol–water partition coefficient (Wildman–Crippen LogP) is 2.71. The second-order valence-electron chi connectivity index (χ2n) is 3.80. The molecule has 0 saturated heterocycles. The molecule has 0 saturated carbocycles. The Kier molecular flexibility index (Phi) is 4.43. The van der Waals surface area contributed by atoms with E-state index >= 15 is 0 Å². The molecule has 84 valence electrons. The standard InChI is InChI=1S/C12H17NO.ClH/c1-3-9-7-13-8-10-4-5-11(14-2)6-12(9)10;/h4-6,9,13H,3,7-8H2,1-2H3;1H. The lowest BCUT2D eigenvalue weighted by Gasteiger charge is -2.25. The molecule has 1 aliphatic heterocycles. The summed E-state index contributed by atoms with van der Waals surface area (Å²) in [6.45, 7) is 4.33. The van der Waals surface area contributed by atoms with Crippen LogP contribution in [-0.4, -0.2) is 13.7 Å². The van der Waals surface area contributed by atoms with Gasteiger partial charge in [0.15, 0.2) is 0 Å². The number of benzene rings is 1. The van der Waals surface area contributed by atoms with Gasteiger partial charge in [0.1, 0.15) is 5.75 Å². The lowest BCUT2D eigenvalue weighted by molar-refractivity contribution is 0.412. The van der Waals surface area contributed by atoms with Crippen molar-refractivity contribution in [3.8, 4) is 5.75 Å². The lowest BCUT2D eigenvalue weighted by Crippen LogP contribution is -2.27. The Morgan fingerprint density at radius 1 is 1.47 bits per heavy atom. The fraction of sp³-hybridized carbons (Fsp3) is 0.500. The minimum atomic E-state index is 0.